The van der Waals surface area contributed by atoms with E-state index in [4.69, 9.17) is 11.6 Å². The molecule has 0 saturated heterocycles. The molecule has 0 spiro atoms. The summed E-state index contributed by atoms with van der Waals surface area (Å²) >= 11 is 9.09. The lowest BCUT2D eigenvalue weighted by atomic mass is 9.97. The average Bonchev–Trinajstić information content (AvgIpc) is 2.60. The third-order valence-corrected chi connectivity index (χ3v) is 4.88. The fourth-order valence-corrected chi connectivity index (χ4v) is 3.35. The van der Waals surface area contributed by atoms with Gasteiger partial charge in [-0.05, 0) is 45.8 Å². The lowest BCUT2D eigenvalue weighted by Gasteiger charge is -2.31. The van der Waals surface area contributed by atoms with Crippen LogP contribution in [0.4, 0.5) is 14.9 Å². The molecule has 2 aromatic carbocycles. The molecule has 0 radical (unpaired) electrons. The Morgan fingerprint density at radius 3 is 2.69 bits per heavy atom. The number of nitrogens with one attached hydrogen (secondary N) is 1. The highest BCUT2D eigenvalue weighted by atomic mass is 79.9. The van der Waals surface area contributed by atoms with E-state index in [1.54, 1.807) is 0 Å². The van der Waals surface area contributed by atoms with Crippen molar-refractivity contribution in [3.8, 4) is 5.75 Å². The Balaban J connectivity index is 1.88. The van der Waals surface area contributed by atoms with Crippen LogP contribution in [0.5, 0.6) is 5.75 Å². The highest BCUT2D eigenvalue weighted by molar-refractivity contribution is 9.10. The van der Waals surface area contributed by atoms with Crippen molar-refractivity contribution < 1.29 is 19.1 Å². The number of phenols is 1. The quantitative estimate of drug-likeness (QED) is 0.691. The second kappa shape index (κ2) is 7.47. The van der Waals surface area contributed by atoms with Crippen LogP contribution < -0.4 is 5.32 Å². The first-order valence-electron chi connectivity index (χ1n) is 7.59. The third kappa shape index (κ3) is 3.89. The maximum atomic E-state index is 13.2. The van der Waals surface area contributed by atoms with Crippen molar-refractivity contribution in [3.05, 3.63) is 69.6 Å². The Kier molecular flexibility index (Phi) is 5.29. The van der Waals surface area contributed by atoms with Gasteiger partial charge in [-0.25, -0.2) is 9.18 Å². The van der Waals surface area contributed by atoms with E-state index < -0.39 is 17.9 Å². The maximum absolute atomic E-state index is 13.2. The molecule has 2 amide bonds. The molecule has 2 N–H and O–H groups in total. The summed E-state index contributed by atoms with van der Waals surface area (Å²) in [6.07, 6.45) is 2.79. The number of urea groups is 1. The summed E-state index contributed by atoms with van der Waals surface area (Å²) in [6, 6.07) is 7.34. The summed E-state index contributed by atoms with van der Waals surface area (Å²) in [5, 5.41) is 12.5. The van der Waals surface area contributed by atoms with Gasteiger partial charge in [0.15, 0.2) is 5.78 Å². The minimum absolute atomic E-state index is 0.0859. The molecule has 5 nitrogen and oxygen atoms in total. The van der Waals surface area contributed by atoms with E-state index in [2.05, 4.69) is 21.2 Å². The van der Waals surface area contributed by atoms with Crippen molar-refractivity contribution in [2.24, 2.45) is 0 Å². The lowest BCUT2D eigenvalue weighted by Crippen LogP contribution is -2.37. The molecular formula is C18H13BrClFN2O3. The van der Waals surface area contributed by atoms with Gasteiger partial charge in [-0.1, -0.05) is 23.7 Å². The summed E-state index contributed by atoms with van der Waals surface area (Å²) in [6.45, 7) is 0. The zero-order chi connectivity index (χ0) is 18.8. The zero-order valence-corrected chi connectivity index (χ0v) is 15.6. The second-order valence-electron chi connectivity index (χ2n) is 5.67. The lowest BCUT2D eigenvalue weighted by molar-refractivity contribution is -0.116. The van der Waals surface area contributed by atoms with Crippen molar-refractivity contribution >= 4 is 45.0 Å². The molecule has 0 aliphatic carbocycles. The number of aromatic hydroxyl groups is 1. The first kappa shape index (κ1) is 18.4. The number of amides is 2. The van der Waals surface area contributed by atoms with Crippen LogP contribution in [0.15, 0.2) is 53.1 Å². The molecule has 0 bridgehead atoms. The fourth-order valence-electron chi connectivity index (χ4n) is 2.61. The van der Waals surface area contributed by atoms with Gasteiger partial charge in [0.25, 0.3) is 0 Å². The molecule has 1 aliphatic rings. The van der Waals surface area contributed by atoms with Gasteiger partial charge in [0.2, 0.25) is 0 Å². The molecule has 1 heterocycles. The van der Waals surface area contributed by atoms with E-state index in [1.165, 1.54) is 53.6 Å². The van der Waals surface area contributed by atoms with Gasteiger partial charge in [-0.2, -0.15) is 0 Å². The van der Waals surface area contributed by atoms with E-state index in [9.17, 15) is 19.1 Å². The van der Waals surface area contributed by atoms with Crippen LogP contribution >= 0.6 is 27.5 Å². The highest BCUT2D eigenvalue weighted by Gasteiger charge is 2.29. The first-order chi connectivity index (χ1) is 12.3. The first-order valence-corrected chi connectivity index (χ1v) is 8.76. The predicted molar refractivity (Wildman–Crippen MR) is 99.6 cm³/mol. The topological polar surface area (TPSA) is 69.6 Å². The van der Waals surface area contributed by atoms with Crippen LogP contribution in [-0.2, 0) is 4.79 Å². The van der Waals surface area contributed by atoms with Gasteiger partial charge in [-0.15, -0.1) is 0 Å². The normalized spacial score (nSPS) is 16.7. The van der Waals surface area contributed by atoms with Crippen LogP contribution in [0, 0.1) is 5.82 Å². The van der Waals surface area contributed by atoms with Gasteiger partial charge >= 0.3 is 6.03 Å². The van der Waals surface area contributed by atoms with Crippen molar-refractivity contribution in [1.82, 2.24) is 4.90 Å². The summed E-state index contributed by atoms with van der Waals surface area (Å²) in [5.41, 5.74) is 0.956. The number of anilines is 1. The number of hydrogen-bond acceptors (Lipinski definition) is 3. The number of nitrogens with zero attached hydrogens (tertiary/aromatic N) is 1. The number of carbonyl (C=O) groups is 2. The van der Waals surface area contributed by atoms with E-state index >= 15 is 0 Å². The summed E-state index contributed by atoms with van der Waals surface area (Å²) < 4.78 is 13.7. The van der Waals surface area contributed by atoms with Crippen LogP contribution in [0.25, 0.3) is 0 Å². The van der Waals surface area contributed by atoms with Gasteiger partial charge in [0.05, 0.1) is 16.8 Å². The number of carbonyl (C=O) groups excluding carboxylic acids is 2. The standard InChI is InChI=1S/C18H13BrClFN2O3/c19-13-8-14(20)17(25)9-15(13)22-18(26)23-6-5-12(24)7-16(23)10-1-3-11(21)4-2-10/h1-6,8-9,16,25H,7H2,(H,22,26)/t16-/m0/s1. The van der Waals surface area contributed by atoms with E-state index in [0.29, 0.717) is 15.7 Å². The molecular weight excluding hydrogens is 427 g/mol. The Morgan fingerprint density at radius 1 is 1.31 bits per heavy atom. The predicted octanol–water partition coefficient (Wildman–Crippen LogP) is 5.01. The minimum Gasteiger partial charge on any atom is -0.506 e. The van der Waals surface area contributed by atoms with Crippen LogP contribution in [-0.4, -0.2) is 21.8 Å². The molecule has 134 valence electrons. The number of rotatable bonds is 2. The largest absolute Gasteiger partial charge is 0.506 e. The number of benzene rings is 2. The number of phenolic OH excluding ortho intramolecular Hbond substituents is 1. The monoisotopic (exact) mass is 438 g/mol. The minimum atomic E-state index is -0.562. The number of ketones is 1. The van der Waals surface area contributed by atoms with Crippen molar-refractivity contribution in [3.63, 3.8) is 0 Å². The Labute approximate surface area is 162 Å². The van der Waals surface area contributed by atoms with E-state index in [0.717, 1.165) is 0 Å². The fraction of sp³-hybridized carbons (Fsp3) is 0.111. The van der Waals surface area contributed by atoms with Gasteiger partial charge in [0.1, 0.15) is 11.6 Å². The SMILES string of the molecule is O=C1C=CN(C(=O)Nc2cc(O)c(Cl)cc2Br)[C@H](c2ccc(F)cc2)C1. The van der Waals surface area contributed by atoms with Gasteiger partial charge < -0.3 is 10.4 Å². The second-order valence-corrected chi connectivity index (χ2v) is 6.94. The number of hydrogen-bond donors (Lipinski definition) is 2. The smallest absolute Gasteiger partial charge is 0.326 e. The Hall–Kier alpha value is -2.38. The van der Waals surface area contributed by atoms with Gasteiger partial charge in [-0.3, -0.25) is 9.69 Å². The Bertz CT molecular complexity index is 902. The van der Waals surface area contributed by atoms with Crippen molar-refractivity contribution in [1.29, 1.82) is 0 Å². The number of allylic oxidation sites excluding steroid dienone is 1. The van der Waals surface area contributed by atoms with Crippen molar-refractivity contribution in [2.45, 2.75) is 12.5 Å². The van der Waals surface area contributed by atoms with Crippen LogP contribution in [0.3, 0.4) is 0 Å². The molecule has 0 aromatic heterocycles. The number of halogens is 3. The molecule has 2 aromatic rings. The van der Waals surface area contributed by atoms with Crippen LogP contribution in [0.1, 0.15) is 18.0 Å². The third-order valence-electron chi connectivity index (χ3n) is 3.92. The molecule has 0 unspecified atom stereocenters. The van der Waals surface area contributed by atoms with E-state index in [-0.39, 0.29) is 23.0 Å². The van der Waals surface area contributed by atoms with Gasteiger partial charge in [0, 0.05) is 23.2 Å². The molecule has 3 rings (SSSR count). The highest BCUT2D eigenvalue weighted by Crippen LogP contribution is 2.35. The summed E-state index contributed by atoms with van der Waals surface area (Å²) in [4.78, 5) is 25.9. The van der Waals surface area contributed by atoms with Crippen molar-refractivity contribution in [2.75, 3.05) is 5.32 Å². The average molecular weight is 440 g/mol. The molecule has 0 saturated carbocycles. The molecule has 1 atom stereocenters. The zero-order valence-electron chi connectivity index (χ0n) is 13.2. The maximum Gasteiger partial charge on any atom is 0.326 e. The van der Waals surface area contributed by atoms with E-state index in [1.807, 2.05) is 0 Å². The molecule has 0 fully saturated rings. The molecule has 26 heavy (non-hydrogen) atoms. The van der Waals surface area contributed by atoms with Crippen LogP contribution in [0.2, 0.25) is 5.02 Å². The molecule has 1 aliphatic heterocycles. The summed E-state index contributed by atoms with van der Waals surface area (Å²) in [5.74, 6) is -0.707. The Morgan fingerprint density at radius 2 is 2.00 bits per heavy atom. The molecule has 8 heteroatoms. The summed E-state index contributed by atoms with van der Waals surface area (Å²) in [7, 11) is 0.